The van der Waals surface area contributed by atoms with E-state index in [0.717, 1.165) is 22.7 Å². The Balaban J connectivity index is 1.59. The summed E-state index contributed by atoms with van der Waals surface area (Å²) in [5.74, 6) is -0.00768. The van der Waals surface area contributed by atoms with Crippen LogP contribution in [0.5, 0.6) is 0 Å². The van der Waals surface area contributed by atoms with E-state index >= 15 is 0 Å². The van der Waals surface area contributed by atoms with E-state index in [1.165, 1.54) is 4.90 Å². The van der Waals surface area contributed by atoms with Crippen molar-refractivity contribution >= 4 is 23.7 Å². The third kappa shape index (κ3) is 3.38. The Morgan fingerprint density at radius 2 is 1.81 bits per heavy atom. The highest BCUT2D eigenvalue weighted by atomic mass is 16.5. The second kappa shape index (κ2) is 8.14. The van der Waals surface area contributed by atoms with Crippen LogP contribution in [0.4, 0.5) is 4.79 Å². The van der Waals surface area contributed by atoms with Gasteiger partial charge < -0.3 is 14.5 Å². The molecule has 2 atom stereocenters. The number of carbonyl (C=O) groups is 3. The molecular formula is C22H27N5O4. The van der Waals surface area contributed by atoms with Gasteiger partial charge in [-0.25, -0.2) is 9.79 Å². The summed E-state index contributed by atoms with van der Waals surface area (Å²) in [6.45, 7) is 4.98. The number of fused-ring (bicyclic) bond motifs is 3. The molecule has 3 amide bonds. The van der Waals surface area contributed by atoms with Gasteiger partial charge in [0.25, 0.3) is 5.91 Å². The molecule has 0 radical (unpaired) electrons. The van der Waals surface area contributed by atoms with Gasteiger partial charge in [-0.15, -0.1) is 0 Å². The number of carbonyl (C=O) groups excluding carboxylic acids is 3. The number of Topliss-reactive ketones (excluding diaryl/α,β-unsaturated/α-hetero) is 1. The maximum absolute atomic E-state index is 13.4. The standard InChI is InChI=1S/C22H27N5O4/c1-14-15(2)27-18-19(23-21(27)25(14)11-8-12-31-4)24(3)22(30)26(20(18)29)13-17(28)16-9-6-5-7-10-16/h5-7,9-10,18-19H,8,11-13H2,1-4H3. The minimum Gasteiger partial charge on any atom is -0.385 e. The zero-order valence-corrected chi connectivity index (χ0v) is 18.2. The van der Waals surface area contributed by atoms with Gasteiger partial charge in [-0.2, -0.15) is 0 Å². The largest absolute Gasteiger partial charge is 0.385 e. The first-order valence-electron chi connectivity index (χ1n) is 10.3. The Kier molecular flexibility index (Phi) is 5.53. The predicted octanol–water partition coefficient (Wildman–Crippen LogP) is 1.73. The molecular weight excluding hydrogens is 398 g/mol. The summed E-state index contributed by atoms with van der Waals surface area (Å²) in [5.41, 5.74) is 2.41. The maximum Gasteiger partial charge on any atom is 0.328 e. The number of likely N-dealkylation sites (N-methyl/N-ethyl adjacent to an activating group) is 1. The number of urea groups is 1. The number of rotatable bonds is 7. The van der Waals surface area contributed by atoms with Crippen molar-refractivity contribution in [2.75, 3.05) is 33.9 Å². The Hall–Kier alpha value is -3.20. The van der Waals surface area contributed by atoms with Crippen LogP contribution in [0, 0.1) is 0 Å². The Bertz CT molecular complexity index is 973. The molecule has 1 fully saturated rings. The molecule has 1 saturated heterocycles. The van der Waals surface area contributed by atoms with Crippen LogP contribution in [-0.4, -0.2) is 89.3 Å². The van der Waals surface area contributed by atoms with Gasteiger partial charge in [-0.3, -0.25) is 19.4 Å². The summed E-state index contributed by atoms with van der Waals surface area (Å²) in [6, 6.07) is 7.50. The molecule has 0 saturated carbocycles. The lowest BCUT2D eigenvalue weighted by Gasteiger charge is -2.40. The quantitative estimate of drug-likeness (QED) is 0.489. The van der Waals surface area contributed by atoms with Crippen molar-refractivity contribution in [3.63, 3.8) is 0 Å². The number of ether oxygens (including phenoxy) is 1. The molecule has 3 aliphatic rings. The Morgan fingerprint density at radius 1 is 1.10 bits per heavy atom. The minimum atomic E-state index is -0.677. The molecule has 0 bridgehead atoms. The molecule has 0 N–H and O–H groups in total. The highest BCUT2D eigenvalue weighted by molar-refractivity contribution is 6.09. The van der Waals surface area contributed by atoms with Crippen LogP contribution >= 0.6 is 0 Å². The normalized spacial score (nSPS) is 22.9. The van der Waals surface area contributed by atoms with E-state index in [-0.39, 0.29) is 12.3 Å². The number of aliphatic imine (C=N–C) groups is 1. The topological polar surface area (TPSA) is 85.8 Å². The number of hydrogen-bond donors (Lipinski definition) is 0. The van der Waals surface area contributed by atoms with Crippen LogP contribution in [-0.2, 0) is 9.53 Å². The molecule has 2 unspecified atom stereocenters. The minimum absolute atomic E-state index is 0.278. The molecule has 164 valence electrons. The lowest BCUT2D eigenvalue weighted by molar-refractivity contribution is -0.136. The number of benzene rings is 1. The fourth-order valence-corrected chi connectivity index (χ4v) is 4.32. The summed E-state index contributed by atoms with van der Waals surface area (Å²) in [4.78, 5) is 50.3. The molecule has 4 rings (SSSR count). The third-order valence-corrected chi connectivity index (χ3v) is 6.13. The highest BCUT2D eigenvalue weighted by Gasteiger charge is 2.55. The van der Waals surface area contributed by atoms with E-state index in [1.54, 1.807) is 38.4 Å². The first-order chi connectivity index (χ1) is 14.9. The van der Waals surface area contributed by atoms with Gasteiger partial charge in [0.05, 0.1) is 6.54 Å². The zero-order valence-electron chi connectivity index (χ0n) is 18.2. The SMILES string of the molecule is COCCCN1C2=NC3C(C(=O)N(CC(=O)c4ccccc4)C(=O)N3C)N2C(C)=C1C. The van der Waals surface area contributed by atoms with E-state index < -0.39 is 24.1 Å². The van der Waals surface area contributed by atoms with Crippen LogP contribution in [0.3, 0.4) is 0 Å². The number of hydrogen-bond acceptors (Lipinski definition) is 7. The van der Waals surface area contributed by atoms with Crippen molar-refractivity contribution < 1.29 is 19.1 Å². The number of nitrogens with zero attached hydrogens (tertiary/aromatic N) is 5. The van der Waals surface area contributed by atoms with Gasteiger partial charge in [-0.1, -0.05) is 30.3 Å². The fourth-order valence-electron chi connectivity index (χ4n) is 4.32. The number of amides is 3. The molecule has 0 aliphatic carbocycles. The van der Waals surface area contributed by atoms with Gasteiger partial charge in [0.15, 0.2) is 18.0 Å². The van der Waals surface area contributed by atoms with E-state index in [2.05, 4.69) is 4.90 Å². The van der Waals surface area contributed by atoms with Crippen molar-refractivity contribution in [1.29, 1.82) is 0 Å². The lowest BCUT2D eigenvalue weighted by Crippen LogP contribution is -2.65. The molecule has 0 spiro atoms. The number of allylic oxidation sites excluding steroid dienone is 2. The second-order valence-corrected chi connectivity index (χ2v) is 7.93. The van der Waals surface area contributed by atoms with Crippen molar-refractivity contribution in [3.05, 3.63) is 47.3 Å². The Labute approximate surface area is 181 Å². The van der Waals surface area contributed by atoms with Crippen LogP contribution in [0.2, 0.25) is 0 Å². The van der Waals surface area contributed by atoms with Crippen LogP contribution in [0.25, 0.3) is 0 Å². The number of guanidine groups is 1. The predicted molar refractivity (Wildman–Crippen MR) is 114 cm³/mol. The third-order valence-electron chi connectivity index (χ3n) is 6.13. The average molecular weight is 425 g/mol. The van der Waals surface area contributed by atoms with E-state index in [4.69, 9.17) is 9.73 Å². The monoisotopic (exact) mass is 425 g/mol. The molecule has 9 nitrogen and oxygen atoms in total. The van der Waals surface area contributed by atoms with Gasteiger partial charge in [0.1, 0.15) is 0 Å². The smallest absolute Gasteiger partial charge is 0.328 e. The van der Waals surface area contributed by atoms with Gasteiger partial charge in [-0.05, 0) is 20.3 Å². The molecule has 9 heteroatoms. The van der Waals surface area contributed by atoms with Crippen molar-refractivity contribution in [2.24, 2.45) is 4.99 Å². The molecule has 1 aromatic rings. The molecule has 3 heterocycles. The van der Waals surface area contributed by atoms with Crippen molar-refractivity contribution in [1.82, 2.24) is 19.6 Å². The summed E-state index contributed by atoms with van der Waals surface area (Å²) in [6.07, 6.45) is 0.190. The maximum atomic E-state index is 13.4. The number of imide groups is 1. The fraction of sp³-hybridized carbons (Fsp3) is 0.455. The number of methoxy groups -OCH3 is 1. The van der Waals surface area contributed by atoms with Crippen molar-refractivity contribution in [2.45, 2.75) is 32.5 Å². The molecule has 0 aromatic heterocycles. The average Bonchev–Trinajstić information content (AvgIpc) is 3.27. The van der Waals surface area contributed by atoms with Crippen LogP contribution < -0.4 is 0 Å². The van der Waals surface area contributed by atoms with Crippen molar-refractivity contribution in [3.8, 4) is 0 Å². The molecule has 1 aromatic carbocycles. The first kappa shape index (κ1) is 21.0. The first-order valence-corrected chi connectivity index (χ1v) is 10.3. The van der Waals surface area contributed by atoms with Gasteiger partial charge in [0, 0.05) is 44.3 Å². The summed E-state index contributed by atoms with van der Waals surface area (Å²) in [7, 11) is 3.29. The Morgan fingerprint density at radius 3 is 2.48 bits per heavy atom. The van der Waals surface area contributed by atoms with E-state index in [0.29, 0.717) is 24.7 Å². The van der Waals surface area contributed by atoms with E-state index in [9.17, 15) is 14.4 Å². The van der Waals surface area contributed by atoms with Crippen LogP contribution in [0.15, 0.2) is 46.7 Å². The highest BCUT2D eigenvalue weighted by Crippen LogP contribution is 2.37. The zero-order chi connectivity index (χ0) is 22.3. The second-order valence-electron chi connectivity index (χ2n) is 7.93. The van der Waals surface area contributed by atoms with Gasteiger partial charge >= 0.3 is 6.03 Å². The molecule has 31 heavy (non-hydrogen) atoms. The molecule has 3 aliphatic heterocycles. The number of ketones is 1. The lowest BCUT2D eigenvalue weighted by atomic mass is 10.1. The van der Waals surface area contributed by atoms with Crippen LogP contribution in [0.1, 0.15) is 30.6 Å². The summed E-state index contributed by atoms with van der Waals surface area (Å²) < 4.78 is 5.16. The van der Waals surface area contributed by atoms with E-state index in [1.807, 2.05) is 24.8 Å². The summed E-state index contributed by atoms with van der Waals surface area (Å²) in [5, 5.41) is 0. The summed E-state index contributed by atoms with van der Waals surface area (Å²) >= 11 is 0. The van der Waals surface area contributed by atoms with Gasteiger partial charge in [0.2, 0.25) is 5.96 Å².